The minimum Gasteiger partial charge on any atom is -0.313 e. The summed E-state index contributed by atoms with van der Waals surface area (Å²) in [6.45, 7) is 9.21. The Morgan fingerprint density at radius 2 is 1.95 bits per heavy atom. The molecule has 1 aromatic heterocycles. The molecular weight excluding hydrogens is 266 g/mol. The molecule has 108 valence electrons. The Morgan fingerprint density at radius 3 is 2.60 bits per heavy atom. The molecule has 1 heterocycles. The first-order chi connectivity index (χ1) is 9.72. The second-order valence-electron chi connectivity index (χ2n) is 4.81. The number of rotatable bonds is 7. The summed E-state index contributed by atoms with van der Waals surface area (Å²) in [5.41, 5.74) is 3.74. The Bertz CT molecular complexity index is 531. The molecule has 0 amide bonds. The van der Waals surface area contributed by atoms with Crippen molar-refractivity contribution in [2.75, 3.05) is 6.54 Å². The van der Waals surface area contributed by atoms with Crippen molar-refractivity contribution in [1.82, 2.24) is 15.1 Å². The quantitative estimate of drug-likeness (QED) is 0.790. The number of benzene rings is 1. The first kappa shape index (κ1) is 15.1. The van der Waals surface area contributed by atoms with Crippen LogP contribution in [0.1, 0.15) is 30.8 Å². The number of hydrogen-bond acceptors (Lipinski definition) is 3. The van der Waals surface area contributed by atoms with Crippen LogP contribution in [0.3, 0.4) is 0 Å². The summed E-state index contributed by atoms with van der Waals surface area (Å²) in [4.78, 5) is 1.31. The Kier molecular flexibility index (Phi) is 5.68. The summed E-state index contributed by atoms with van der Waals surface area (Å²) in [6, 6.07) is 11.0. The largest absolute Gasteiger partial charge is 0.313 e. The van der Waals surface area contributed by atoms with Crippen molar-refractivity contribution in [2.24, 2.45) is 0 Å². The van der Waals surface area contributed by atoms with Crippen LogP contribution in [0, 0.1) is 6.92 Å². The van der Waals surface area contributed by atoms with E-state index in [1.807, 2.05) is 11.8 Å². The third-order valence-electron chi connectivity index (χ3n) is 3.17. The van der Waals surface area contributed by atoms with Gasteiger partial charge in [0.05, 0.1) is 5.69 Å². The molecule has 0 bridgehead atoms. The van der Waals surface area contributed by atoms with Gasteiger partial charge < -0.3 is 5.32 Å². The molecule has 1 N–H and O–H groups in total. The molecule has 4 heteroatoms. The fraction of sp³-hybridized carbons (Fsp3) is 0.438. The highest BCUT2D eigenvalue weighted by Crippen LogP contribution is 2.23. The van der Waals surface area contributed by atoms with Gasteiger partial charge in [-0.15, -0.1) is 11.8 Å². The molecule has 0 saturated carbocycles. The van der Waals surface area contributed by atoms with E-state index < -0.39 is 0 Å². The predicted molar refractivity (Wildman–Crippen MR) is 86.0 cm³/mol. The molecule has 1 aromatic carbocycles. The van der Waals surface area contributed by atoms with E-state index in [4.69, 9.17) is 0 Å². The molecule has 0 radical (unpaired) electrons. The highest BCUT2D eigenvalue weighted by Gasteiger charge is 2.04. The Balaban J connectivity index is 1.93. The van der Waals surface area contributed by atoms with E-state index in [0.29, 0.717) is 0 Å². The first-order valence-electron chi connectivity index (χ1n) is 7.18. The molecule has 0 unspecified atom stereocenters. The normalized spacial score (nSPS) is 10.9. The number of hydrogen-bond donors (Lipinski definition) is 1. The molecule has 20 heavy (non-hydrogen) atoms. The SMILES string of the molecule is CCNCc1ccc(SCc2cc(C)nn2CC)cc1. The van der Waals surface area contributed by atoms with Crippen molar-refractivity contribution in [3.63, 3.8) is 0 Å². The van der Waals surface area contributed by atoms with Crippen LogP contribution in [0.15, 0.2) is 35.2 Å². The molecule has 0 fully saturated rings. The van der Waals surface area contributed by atoms with Crippen LogP contribution in [0.4, 0.5) is 0 Å². The summed E-state index contributed by atoms with van der Waals surface area (Å²) in [6.07, 6.45) is 0. The molecule has 0 atom stereocenters. The highest BCUT2D eigenvalue weighted by atomic mass is 32.2. The van der Waals surface area contributed by atoms with Gasteiger partial charge in [0, 0.05) is 29.4 Å². The van der Waals surface area contributed by atoms with Gasteiger partial charge in [0.2, 0.25) is 0 Å². The maximum atomic E-state index is 4.48. The summed E-state index contributed by atoms with van der Waals surface area (Å²) < 4.78 is 2.09. The number of nitrogens with one attached hydrogen (secondary N) is 1. The lowest BCUT2D eigenvalue weighted by molar-refractivity contribution is 0.632. The van der Waals surface area contributed by atoms with Gasteiger partial charge in [0.25, 0.3) is 0 Å². The number of aryl methyl sites for hydroxylation is 2. The van der Waals surface area contributed by atoms with Gasteiger partial charge in [-0.1, -0.05) is 19.1 Å². The van der Waals surface area contributed by atoms with Crippen LogP contribution in [0.5, 0.6) is 0 Å². The van der Waals surface area contributed by atoms with Crippen LogP contribution >= 0.6 is 11.8 Å². The molecule has 0 spiro atoms. The van der Waals surface area contributed by atoms with Gasteiger partial charge in [0.15, 0.2) is 0 Å². The van der Waals surface area contributed by atoms with E-state index in [1.54, 1.807) is 0 Å². The predicted octanol–water partition coefficient (Wildman–Crippen LogP) is 3.61. The van der Waals surface area contributed by atoms with Crippen LogP contribution in [-0.4, -0.2) is 16.3 Å². The van der Waals surface area contributed by atoms with Gasteiger partial charge >= 0.3 is 0 Å². The Morgan fingerprint density at radius 1 is 1.20 bits per heavy atom. The smallest absolute Gasteiger partial charge is 0.0596 e. The third kappa shape index (κ3) is 4.12. The van der Waals surface area contributed by atoms with E-state index >= 15 is 0 Å². The van der Waals surface area contributed by atoms with E-state index in [9.17, 15) is 0 Å². The van der Waals surface area contributed by atoms with Crippen molar-refractivity contribution in [3.05, 3.63) is 47.3 Å². The average molecular weight is 289 g/mol. The fourth-order valence-electron chi connectivity index (χ4n) is 2.12. The van der Waals surface area contributed by atoms with Crippen molar-refractivity contribution < 1.29 is 0 Å². The highest BCUT2D eigenvalue weighted by molar-refractivity contribution is 7.98. The van der Waals surface area contributed by atoms with Crippen molar-refractivity contribution in [3.8, 4) is 0 Å². The number of thioether (sulfide) groups is 1. The van der Waals surface area contributed by atoms with E-state index in [-0.39, 0.29) is 0 Å². The Hall–Kier alpha value is -1.26. The number of aromatic nitrogens is 2. The fourth-order valence-corrected chi connectivity index (χ4v) is 2.99. The Labute approximate surface area is 125 Å². The van der Waals surface area contributed by atoms with Gasteiger partial charge in [0.1, 0.15) is 0 Å². The van der Waals surface area contributed by atoms with E-state index in [2.05, 4.69) is 66.2 Å². The van der Waals surface area contributed by atoms with Crippen LogP contribution in [-0.2, 0) is 18.8 Å². The lowest BCUT2D eigenvalue weighted by Gasteiger charge is -2.06. The van der Waals surface area contributed by atoms with Crippen LogP contribution in [0.25, 0.3) is 0 Å². The molecule has 0 saturated heterocycles. The topological polar surface area (TPSA) is 29.9 Å². The molecule has 2 rings (SSSR count). The zero-order valence-corrected chi connectivity index (χ0v) is 13.3. The average Bonchev–Trinajstić information content (AvgIpc) is 2.84. The second kappa shape index (κ2) is 7.50. The van der Waals surface area contributed by atoms with Crippen LogP contribution < -0.4 is 5.32 Å². The minimum absolute atomic E-state index is 0.936. The summed E-state index contributed by atoms with van der Waals surface area (Å²) in [5, 5.41) is 7.83. The maximum absolute atomic E-state index is 4.48. The lowest BCUT2D eigenvalue weighted by Crippen LogP contribution is -2.11. The van der Waals surface area contributed by atoms with Gasteiger partial charge in [-0.25, -0.2) is 0 Å². The molecule has 0 aliphatic rings. The minimum atomic E-state index is 0.936. The monoisotopic (exact) mass is 289 g/mol. The second-order valence-corrected chi connectivity index (χ2v) is 5.85. The van der Waals surface area contributed by atoms with Crippen molar-refractivity contribution in [1.29, 1.82) is 0 Å². The lowest BCUT2D eigenvalue weighted by atomic mass is 10.2. The summed E-state index contributed by atoms with van der Waals surface area (Å²) in [5.74, 6) is 0.973. The molecule has 2 aromatic rings. The van der Waals surface area contributed by atoms with Gasteiger partial charge in [-0.2, -0.15) is 5.10 Å². The summed E-state index contributed by atoms with van der Waals surface area (Å²) in [7, 11) is 0. The molecule has 0 aliphatic carbocycles. The molecule has 3 nitrogen and oxygen atoms in total. The van der Waals surface area contributed by atoms with Crippen molar-refractivity contribution >= 4 is 11.8 Å². The van der Waals surface area contributed by atoms with E-state index in [0.717, 1.165) is 31.1 Å². The van der Waals surface area contributed by atoms with Gasteiger partial charge in [-0.05, 0) is 44.2 Å². The molecular formula is C16H23N3S. The third-order valence-corrected chi connectivity index (χ3v) is 4.22. The number of nitrogens with zero attached hydrogens (tertiary/aromatic N) is 2. The van der Waals surface area contributed by atoms with E-state index in [1.165, 1.54) is 16.2 Å². The summed E-state index contributed by atoms with van der Waals surface area (Å²) >= 11 is 1.87. The maximum Gasteiger partial charge on any atom is 0.0596 e. The zero-order chi connectivity index (χ0) is 14.4. The van der Waals surface area contributed by atoms with Crippen LogP contribution in [0.2, 0.25) is 0 Å². The standard InChI is InChI=1S/C16H23N3S/c1-4-17-11-14-6-8-16(9-7-14)20-12-15-10-13(3)18-19(15)5-2/h6-10,17H,4-5,11-12H2,1-3H3. The molecule has 0 aliphatic heterocycles. The zero-order valence-electron chi connectivity index (χ0n) is 12.5. The first-order valence-corrected chi connectivity index (χ1v) is 8.17. The van der Waals surface area contributed by atoms with Crippen molar-refractivity contribution in [2.45, 2.75) is 44.5 Å². The van der Waals surface area contributed by atoms with Gasteiger partial charge in [-0.3, -0.25) is 4.68 Å².